The van der Waals surface area contributed by atoms with Crippen LogP contribution in [0.15, 0.2) is 72.9 Å². The Kier molecular flexibility index (Phi) is 5.61. The summed E-state index contributed by atoms with van der Waals surface area (Å²) < 4.78 is 0. The topological polar surface area (TPSA) is 58.1 Å². The molecule has 3 aromatic rings. The van der Waals surface area contributed by atoms with E-state index >= 15 is 0 Å². The lowest BCUT2D eigenvalue weighted by Crippen LogP contribution is -2.33. The summed E-state index contributed by atoms with van der Waals surface area (Å²) >= 11 is 0. The van der Waals surface area contributed by atoms with Gasteiger partial charge in [0, 0.05) is 17.9 Å². The molecule has 1 aliphatic rings. The van der Waals surface area contributed by atoms with Gasteiger partial charge in [-0.25, -0.2) is 9.97 Å². The van der Waals surface area contributed by atoms with Crippen molar-refractivity contribution in [2.24, 2.45) is 0 Å². The number of rotatable bonds is 6. The molecule has 5 heteroatoms. The van der Waals surface area contributed by atoms with Crippen LogP contribution < -0.4 is 10.2 Å². The van der Waals surface area contributed by atoms with Crippen LogP contribution in [0.4, 0.5) is 11.6 Å². The van der Waals surface area contributed by atoms with E-state index in [4.69, 9.17) is 0 Å². The lowest BCUT2D eigenvalue weighted by Gasteiger charge is -2.23. The van der Waals surface area contributed by atoms with E-state index in [-0.39, 0.29) is 11.9 Å². The number of aromatic nitrogens is 2. The molecule has 1 saturated carbocycles. The number of benzene rings is 2. The number of amides is 1. The standard InChI is InChI=1S/C23H24N4O/c28-22(25-19-11-7-8-12-19)21-15-16-24-23(26-21)27(20-13-5-2-6-14-20)17-18-9-3-1-4-10-18/h1-6,9-10,13-16,19H,7-8,11-12,17H2,(H,25,28). The van der Waals surface area contributed by atoms with Crippen LogP contribution in [0.3, 0.4) is 0 Å². The van der Waals surface area contributed by atoms with E-state index in [1.165, 1.54) is 12.8 Å². The molecule has 4 rings (SSSR count). The van der Waals surface area contributed by atoms with Crippen LogP contribution in [0, 0.1) is 0 Å². The molecule has 1 amide bonds. The van der Waals surface area contributed by atoms with Gasteiger partial charge < -0.3 is 10.2 Å². The Bertz CT molecular complexity index is 908. The van der Waals surface area contributed by atoms with Crippen molar-refractivity contribution in [1.82, 2.24) is 15.3 Å². The second-order valence-electron chi connectivity index (χ2n) is 7.10. The van der Waals surface area contributed by atoms with E-state index in [1.54, 1.807) is 12.3 Å². The van der Waals surface area contributed by atoms with Gasteiger partial charge in [0.05, 0.1) is 6.54 Å². The van der Waals surface area contributed by atoms with Crippen molar-refractivity contribution in [3.63, 3.8) is 0 Å². The van der Waals surface area contributed by atoms with E-state index in [2.05, 4.69) is 27.4 Å². The first-order valence-electron chi connectivity index (χ1n) is 9.80. The second kappa shape index (κ2) is 8.65. The highest BCUT2D eigenvalue weighted by Gasteiger charge is 2.20. The van der Waals surface area contributed by atoms with E-state index in [1.807, 2.05) is 53.4 Å². The normalized spacial score (nSPS) is 14.0. The summed E-state index contributed by atoms with van der Waals surface area (Å²) in [7, 11) is 0. The van der Waals surface area contributed by atoms with Crippen molar-refractivity contribution >= 4 is 17.5 Å². The summed E-state index contributed by atoms with van der Waals surface area (Å²) in [5, 5.41) is 3.10. The van der Waals surface area contributed by atoms with Crippen molar-refractivity contribution in [3.8, 4) is 0 Å². The van der Waals surface area contributed by atoms with Crippen molar-refractivity contribution in [2.45, 2.75) is 38.3 Å². The lowest BCUT2D eigenvalue weighted by atomic mass is 10.2. The molecule has 0 aliphatic heterocycles. The van der Waals surface area contributed by atoms with Crippen LogP contribution in [-0.2, 0) is 6.54 Å². The quantitative estimate of drug-likeness (QED) is 0.693. The number of carbonyl (C=O) groups excluding carboxylic acids is 1. The molecule has 0 radical (unpaired) electrons. The summed E-state index contributed by atoms with van der Waals surface area (Å²) in [6.07, 6.45) is 6.12. The number of nitrogens with one attached hydrogen (secondary N) is 1. The average Bonchev–Trinajstić information content (AvgIpc) is 3.26. The third-order valence-electron chi connectivity index (χ3n) is 5.06. The van der Waals surface area contributed by atoms with Crippen LogP contribution in [0.5, 0.6) is 0 Å². The van der Waals surface area contributed by atoms with E-state index < -0.39 is 0 Å². The van der Waals surface area contributed by atoms with Gasteiger partial charge in [-0.1, -0.05) is 61.4 Å². The molecule has 1 aliphatic carbocycles. The highest BCUT2D eigenvalue weighted by atomic mass is 16.1. The van der Waals surface area contributed by atoms with Crippen LogP contribution in [-0.4, -0.2) is 21.9 Å². The van der Waals surface area contributed by atoms with Gasteiger partial charge in [0.1, 0.15) is 5.69 Å². The largest absolute Gasteiger partial charge is 0.348 e. The zero-order valence-corrected chi connectivity index (χ0v) is 15.8. The molecule has 5 nitrogen and oxygen atoms in total. The Balaban J connectivity index is 1.61. The van der Waals surface area contributed by atoms with Gasteiger partial charge in [-0.15, -0.1) is 0 Å². The van der Waals surface area contributed by atoms with Gasteiger partial charge in [0.15, 0.2) is 0 Å². The summed E-state index contributed by atoms with van der Waals surface area (Å²) in [6, 6.07) is 22.1. The minimum absolute atomic E-state index is 0.122. The number of anilines is 2. The van der Waals surface area contributed by atoms with Crippen molar-refractivity contribution in [1.29, 1.82) is 0 Å². The van der Waals surface area contributed by atoms with E-state index in [9.17, 15) is 4.79 Å². The van der Waals surface area contributed by atoms with E-state index in [0.29, 0.717) is 18.2 Å². The highest BCUT2D eigenvalue weighted by Crippen LogP contribution is 2.24. The summed E-state index contributed by atoms with van der Waals surface area (Å²) in [5.74, 6) is 0.400. The third-order valence-corrected chi connectivity index (χ3v) is 5.06. The van der Waals surface area contributed by atoms with Gasteiger partial charge in [-0.05, 0) is 36.6 Å². The zero-order chi connectivity index (χ0) is 19.2. The second-order valence-corrected chi connectivity index (χ2v) is 7.10. The Morgan fingerprint density at radius 3 is 2.36 bits per heavy atom. The molecule has 142 valence electrons. The van der Waals surface area contributed by atoms with Gasteiger partial charge >= 0.3 is 0 Å². The average molecular weight is 372 g/mol. The molecule has 0 bridgehead atoms. The molecule has 1 N–H and O–H groups in total. The molecule has 1 heterocycles. The predicted molar refractivity (Wildman–Crippen MR) is 110 cm³/mol. The number of carbonyl (C=O) groups is 1. The van der Waals surface area contributed by atoms with Crippen LogP contribution in [0.1, 0.15) is 41.7 Å². The van der Waals surface area contributed by atoms with Crippen LogP contribution in [0.2, 0.25) is 0 Å². The summed E-state index contributed by atoms with van der Waals surface area (Å²) in [5.41, 5.74) is 2.54. The van der Waals surface area contributed by atoms with Crippen LogP contribution in [0.25, 0.3) is 0 Å². The fraction of sp³-hybridized carbons (Fsp3) is 0.261. The molecule has 0 unspecified atom stereocenters. The first-order chi connectivity index (χ1) is 13.8. The first kappa shape index (κ1) is 18.2. The molecule has 1 fully saturated rings. The van der Waals surface area contributed by atoms with Crippen molar-refractivity contribution in [3.05, 3.63) is 84.2 Å². The third kappa shape index (κ3) is 4.36. The smallest absolute Gasteiger partial charge is 0.270 e. The molecular formula is C23H24N4O. The van der Waals surface area contributed by atoms with Gasteiger partial charge in [0.2, 0.25) is 5.95 Å². The monoisotopic (exact) mass is 372 g/mol. The Labute approximate surface area is 165 Å². The maximum absolute atomic E-state index is 12.7. The number of hydrogen-bond donors (Lipinski definition) is 1. The highest BCUT2D eigenvalue weighted by molar-refractivity contribution is 5.92. The predicted octanol–water partition coefficient (Wildman–Crippen LogP) is 4.49. The fourth-order valence-corrected chi connectivity index (χ4v) is 3.59. The maximum atomic E-state index is 12.7. The Morgan fingerprint density at radius 2 is 1.64 bits per heavy atom. The van der Waals surface area contributed by atoms with Crippen LogP contribution >= 0.6 is 0 Å². The number of nitrogens with zero attached hydrogens (tertiary/aromatic N) is 3. The Morgan fingerprint density at radius 1 is 0.964 bits per heavy atom. The molecular weight excluding hydrogens is 348 g/mol. The molecule has 2 aromatic carbocycles. The van der Waals surface area contributed by atoms with Crippen molar-refractivity contribution < 1.29 is 4.79 Å². The first-order valence-corrected chi connectivity index (χ1v) is 9.80. The molecule has 0 saturated heterocycles. The Hall–Kier alpha value is -3.21. The number of hydrogen-bond acceptors (Lipinski definition) is 4. The lowest BCUT2D eigenvalue weighted by molar-refractivity contribution is 0.0932. The maximum Gasteiger partial charge on any atom is 0.270 e. The molecule has 1 aromatic heterocycles. The minimum atomic E-state index is -0.122. The fourth-order valence-electron chi connectivity index (χ4n) is 3.59. The van der Waals surface area contributed by atoms with Crippen molar-refractivity contribution in [2.75, 3.05) is 4.90 Å². The number of para-hydroxylation sites is 1. The SMILES string of the molecule is O=C(NC1CCCC1)c1ccnc(N(Cc2ccccc2)c2ccccc2)n1. The summed E-state index contributed by atoms with van der Waals surface area (Å²) in [4.78, 5) is 23.7. The van der Waals surface area contributed by atoms with Gasteiger partial charge in [-0.3, -0.25) is 4.79 Å². The van der Waals surface area contributed by atoms with E-state index in [0.717, 1.165) is 24.1 Å². The molecule has 0 spiro atoms. The zero-order valence-electron chi connectivity index (χ0n) is 15.8. The minimum Gasteiger partial charge on any atom is -0.348 e. The summed E-state index contributed by atoms with van der Waals surface area (Å²) in [6.45, 7) is 0.624. The van der Waals surface area contributed by atoms with Gasteiger partial charge in [-0.2, -0.15) is 0 Å². The molecule has 0 atom stereocenters. The van der Waals surface area contributed by atoms with Gasteiger partial charge in [0.25, 0.3) is 5.91 Å². The molecule has 28 heavy (non-hydrogen) atoms.